The summed E-state index contributed by atoms with van der Waals surface area (Å²) >= 11 is 0. The predicted molar refractivity (Wildman–Crippen MR) is 84.0 cm³/mol. The molecule has 1 aromatic carbocycles. The molecule has 1 aromatic rings. The van der Waals surface area contributed by atoms with Gasteiger partial charge in [0.1, 0.15) is 0 Å². The molecule has 1 N–H and O–H groups in total. The van der Waals surface area contributed by atoms with E-state index in [1.54, 1.807) is 0 Å². The number of likely N-dealkylation sites (tertiary alicyclic amines) is 1. The van der Waals surface area contributed by atoms with Crippen LogP contribution in [0.1, 0.15) is 24.8 Å². The van der Waals surface area contributed by atoms with Crippen LogP contribution < -0.4 is 9.47 Å². The van der Waals surface area contributed by atoms with Crippen LogP contribution in [0, 0.1) is 5.92 Å². The molecule has 0 saturated carbocycles. The molecule has 2 heterocycles. The van der Waals surface area contributed by atoms with Gasteiger partial charge in [0, 0.05) is 25.1 Å². The molecule has 3 unspecified atom stereocenters. The molecule has 6 heteroatoms. The first-order valence-electron chi connectivity index (χ1n) is 8.02. The molecule has 2 aliphatic rings. The van der Waals surface area contributed by atoms with Gasteiger partial charge in [-0.3, -0.25) is 9.69 Å². The molecule has 0 spiro atoms. The lowest BCUT2D eigenvalue weighted by atomic mass is 9.85. The van der Waals surface area contributed by atoms with Crippen LogP contribution in [0.3, 0.4) is 0 Å². The Balaban J connectivity index is 1.82. The van der Waals surface area contributed by atoms with Crippen LogP contribution in [-0.2, 0) is 9.53 Å². The zero-order valence-corrected chi connectivity index (χ0v) is 13.5. The molecular weight excluding hydrogens is 298 g/mol. The van der Waals surface area contributed by atoms with Crippen molar-refractivity contribution in [1.82, 2.24) is 4.90 Å². The maximum absolute atomic E-state index is 11.9. The first-order chi connectivity index (χ1) is 11.1. The van der Waals surface area contributed by atoms with E-state index in [1.165, 1.54) is 0 Å². The third-order valence-electron chi connectivity index (χ3n) is 4.65. The average molecular weight is 321 g/mol. The summed E-state index contributed by atoms with van der Waals surface area (Å²) in [4.78, 5) is 14.0. The number of rotatable bonds is 6. The molecule has 6 nitrogen and oxygen atoms in total. The van der Waals surface area contributed by atoms with E-state index in [1.807, 2.05) is 32.2 Å². The fourth-order valence-corrected chi connectivity index (χ4v) is 3.47. The van der Waals surface area contributed by atoms with E-state index in [2.05, 4.69) is 4.90 Å². The van der Waals surface area contributed by atoms with Gasteiger partial charge in [-0.05, 0) is 31.2 Å². The van der Waals surface area contributed by atoms with E-state index in [9.17, 15) is 9.90 Å². The Labute approximate surface area is 135 Å². The van der Waals surface area contributed by atoms with Gasteiger partial charge in [-0.2, -0.15) is 0 Å². The molecule has 126 valence electrons. The smallest absolute Gasteiger partial charge is 0.308 e. The lowest BCUT2D eigenvalue weighted by Gasteiger charge is -2.23. The maximum atomic E-state index is 11.9. The van der Waals surface area contributed by atoms with Gasteiger partial charge in [0.25, 0.3) is 0 Å². The van der Waals surface area contributed by atoms with Crippen molar-refractivity contribution in [3.8, 4) is 11.5 Å². The Hall–Kier alpha value is -1.79. The Morgan fingerprint density at radius 2 is 2.17 bits per heavy atom. The third kappa shape index (κ3) is 3.14. The van der Waals surface area contributed by atoms with Crippen molar-refractivity contribution in [3.05, 3.63) is 23.8 Å². The number of nitrogens with zero attached hydrogens (tertiary/aromatic N) is 1. The van der Waals surface area contributed by atoms with Crippen LogP contribution in [0.4, 0.5) is 0 Å². The number of benzene rings is 1. The summed E-state index contributed by atoms with van der Waals surface area (Å²) in [5, 5.41) is 9.74. The van der Waals surface area contributed by atoms with Crippen LogP contribution in [0.2, 0.25) is 0 Å². The van der Waals surface area contributed by atoms with Gasteiger partial charge in [0.05, 0.1) is 12.5 Å². The molecule has 3 atom stereocenters. The molecule has 23 heavy (non-hydrogen) atoms. The number of carboxylic acid groups (broad SMARTS) is 1. The van der Waals surface area contributed by atoms with E-state index in [0.717, 1.165) is 17.7 Å². The minimum atomic E-state index is -0.776. The standard InChI is InChI=1S/C17H23NO5/c1-3-6-21-9-13-16(17(19)20)12(8-18(13)2)11-4-5-14-15(7-11)23-10-22-14/h4-5,7,12-13,16H,3,6,8-10H2,1-2H3,(H,19,20). The first-order valence-corrected chi connectivity index (χ1v) is 8.02. The van der Waals surface area contributed by atoms with Gasteiger partial charge in [-0.1, -0.05) is 13.0 Å². The third-order valence-corrected chi connectivity index (χ3v) is 4.65. The summed E-state index contributed by atoms with van der Waals surface area (Å²) in [6.45, 7) is 4.06. The van der Waals surface area contributed by atoms with Crippen LogP contribution in [-0.4, -0.2) is 55.6 Å². The quantitative estimate of drug-likeness (QED) is 0.808. The summed E-state index contributed by atoms with van der Waals surface area (Å²) < 4.78 is 16.4. The van der Waals surface area contributed by atoms with Gasteiger partial charge in [-0.25, -0.2) is 0 Å². The lowest BCUT2D eigenvalue weighted by Crippen LogP contribution is -2.37. The Morgan fingerprint density at radius 3 is 2.91 bits per heavy atom. The number of hydrogen-bond donors (Lipinski definition) is 1. The van der Waals surface area contributed by atoms with Crippen molar-refractivity contribution in [3.63, 3.8) is 0 Å². The first kappa shape index (κ1) is 16.1. The van der Waals surface area contributed by atoms with Gasteiger partial charge >= 0.3 is 5.97 Å². The van der Waals surface area contributed by atoms with Crippen molar-refractivity contribution in [2.45, 2.75) is 25.3 Å². The van der Waals surface area contributed by atoms with Crippen molar-refractivity contribution in [2.75, 3.05) is 33.6 Å². The topological polar surface area (TPSA) is 68.2 Å². The average Bonchev–Trinajstić information content (AvgIpc) is 3.11. The fraction of sp³-hybridized carbons (Fsp3) is 0.588. The van der Waals surface area contributed by atoms with E-state index in [0.29, 0.717) is 25.5 Å². The van der Waals surface area contributed by atoms with Crippen molar-refractivity contribution < 1.29 is 24.1 Å². The number of carbonyl (C=O) groups is 1. The van der Waals surface area contributed by atoms with Crippen LogP contribution in [0.25, 0.3) is 0 Å². The molecule has 0 amide bonds. The molecule has 3 rings (SSSR count). The summed E-state index contributed by atoms with van der Waals surface area (Å²) in [5.41, 5.74) is 0.978. The van der Waals surface area contributed by atoms with Crippen LogP contribution >= 0.6 is 0 Å². The Morgan fingerprint density at radius 1 is 1.39 bits per heavy atom. The lowest BCUT2D eigenvalue weighted by molar-refractivity contribution is -0.143. The van der Waals surface area contributed by atoms with Crippen molar-refractivity contribution in [1.29, 1.82) is 0 Å². The summed E-state index contributed by atoms with van der Waals surface area (Å²) in [6, 6.07) is 5.59. The molecule has 0 bridgehead atoms. The molecule has 1 saturated heterocycles. The minimum Gasteiger partial charge on any atom is -0.481 e. The monoisotopic (exact) mass is 321 g/mol. The van der Waals surface area contributed by atoms with Crippen molar-refractivity contribution >= 4 is 5.97 Å². The van der Waals surface area contributed by atoms with E-state index in [-0.39, 0.29) is 18.8 Å². The highest BCUT2D eigenvalue weighted by Gasteiger charge is 2.45. The molecule has 0 radical (unpaired) electrons. The zero-order chi connectivity index (χ0) is 16.4. The number of fused-ring (bicyclic) bond motifs is 1. The van der Waals surface area contributed by atoms with Gasteiger partial charge < -0.3 is 19.3 Å². The van der Waals surface area contributed by atoms with Gasteiger partial charge in [0.2, 0.25) is 6.79 Å². The van der Waals surface area contributed by atoms with E-state index >= 15 is 0 Å². The Kier molecular flexibility index (Phi) is 4.73. The number of aliphatic carboxylic acids is 1. The molecule has 0 aromatic heterocycles. The van der Waals surface area contributed by atoms with E-state index in [4.69, 9.17) is 14.2 Å². The molecule has 1 fully saturated rings. The zero-order valence-electron chi connectivity index (χ0n) is 13.5. The van der Waals surface area contributed by atoms with Gasteiger partial charge in [0.15, 0.2) is 11.5 Å². The summed E-state index contributed by atoms with van der Waals surface area (Å²) in [6.07, 6.45) is 0.930. The summed E-state index contributed by atoms with van der Waals surface area (Å²) in [5.74, 6) is 0.0661. The maximum Gasteiger partial charge on any atom is 0.308 e. The highest BCUT2D eigenvalue weighted by molar-refractivity contribution is 5.73. The fourth-order valence-electron chi connectivity index (χ4n) is 3.47. The predicted octanol–water partition coefficient (Wildman–Crippen LogP) is 1.94. The van der Waals surface area contributed by atoms with Gasteiger partial charge in [-0.15, -0.1) is 0 Å². The van der Waals surface area contributed by atoms with Crippen LogP contribution in [0.15, 0.2) is 18.2 Å². The second kappa shape index (κ2) is 6.76. The number of carboxylic acids is 1. The highest BCUT2D eigenvalue weighted by atomic mass is 16.7. The van der Waals surface area contributed by atoms with Crippen molar-refractivity contribution in [2.24, 2.45) is 5.92 Å². The highest BCUT2D eigenvalue weighted by Crippen LogP contribution is 2.41. The molecule has 2 aliphatic heterocycles. The van der Waals surface area contributed by atoms with Crippen LogP contribution in [0.5, 0.6) is 11.5 Å². The second-order valence-electron chi connectivity index (χ2n) is 6.17. The Bertz CT molecular complexity index is 576. The summed E-state index contributed by atoms with van der Waals surface area (Å²) in [7, 11) is 1.96. The number of hydrogen-bond acceptors (Lipinski definition) is 5. The number of ether oxygens (including phenoxy) is 3. The number of likely N-dealkylation sites (N-methyl/N-ethyl adjacent to an activating group) is 1. The molecular formula is C17H23NO5. The minimum absolute atomic E-state index is 0.0813. The normalized spacial score (nSPS) is 26.6. The SMILES string of the molecule is CCCOCC1C(C(=O)O)C(c2ccc3c(c2)OCO3)CN1C. The van der Waals surface area contributed by atoms with E-state index < -0.39 is 11.9 Å². The largest absolute Gasteiger partial charge is 0.481 e. The second-order valence-corrected chi connectivity index (χ2v) is 6.17. The molecule has 0 aliphatic carbocycles.